The van der Waals surface area contributed by atoms with Gasteiger partial charge in [-0.2, -0.15) is 4.31 Å². The summed E-state index contributed by atoms with van der Waals surface area (Å²) in [4.78, 5) is 15.0. The van der Waals surface area contributed by atoms with E-state index in [1.807, 2.05) is 25.2 Å². The number of anilines is 1. The van der Waals surface area contributed by atoms with Gasteiger partial charge in [-0.25, -0.2) is 8.42 Å². The predicted molar refractivity (Wildman–Crippen MR) is 122 cm³/mol. The number of nitrogens with one attached hydrogen (secondary N) is 1. The Labute approximate surface area is 185 Å². The summed E-state index contributed by atoms with van der Waals surface area (Å²) < 4.78 is 32.5. The van der Waals surface area contributed by atoms with Gasteiger partial charge >= 0.3 is 0 Å². The number of carbonyl (C=O) groups is 1. The average Bonchev–Trinajstić information content (AvgIpc) is 2.82. The van der Waals surface area contributed by atoms with Crippen LogP contribution in [0.15, 0.2) is 59.5 Å². The normalized spacial score (nSPS) is 17.2. The summed E-state index contributed by atoms with van der Waals surface area (Å²) in [5, 5.41) is 2.98. The van der Waals surface area contributed by atoms with Crippen LogP contribution in [-0.4, -0.2) is 59.0 Å². The first-order valence-electron chi connectivity index (χ1n) is 10.6. The van der Waals surface area contributed by atoms with Crippen molar-refractivity contribution in [2.75, 3.05) is 45.2 Å². The van der Waals surface area contributed by atoms with Gasteiger partial charge in [0.05, 0.1) is 17.9 Å². The molecule has 31 heavy (non-hydrogen) atoms. The summed E-state index contributed by atoms with van der Waals surface area (Å²) >= 11 is 0. The van der Waals surface area contributed by atoms with Crippen molar-refractivity contribution in [3.05, 3.63) is 54.6 Å². The molecular weight excluding hydrogens is 414 g/mol. The number of ether oxygens (including phenoxy) is 1. The van der Waals surface area contributed by atoms with E-state index in [0.717, 1.165) is 18.7 Å². The van der Waals surface area contributed by atoms with E-state index in [2.05, 4.69) is 22.3 Å². The minimum Gasteiger partial charge on any atom is -0.497 e. The smallest absolute Gasteiger partial charge is 0.243 e. The van der Waals surface area contributed by atoms with E-state index in [9.17, 15) is 13.2 Å². The fourth-order valence-corrected chi connectivity index (χ4v) is 5.28. The SMILES string of the molecule is COc1ccc(S(=O)(=O)N2CCC[C@@H](C(=O)NCCCN(C)c3ccccc3)C2)cc1. The van der Waals surface area contributed by atoms with Crippen molar-refractivity contribution in [3.63, 3.8) is 0 Å². The van der Waals surface area contributed by atoms with Crippen LogP contribution in [0.3, 0.4) is 0 Å². The Hall–Kier alpha value is -2.58. The maximum Gasteiger partial charge on any atom is 0.243 e. The molecule has 7 nitrogen and oxygen atoms in total. The van der Waals surface area contributed by atoms with Crippen LogP contribution in [-0.2, 0) is 14.8 Å². The summed E-state index contributed by atoms with van der Waals surface area (Å²) in [5.74, 6) is 0.207. The van der Waals surface area contributed by atoms with Gasteiger partial charge in [0.1, 0.15) is 5.75 Å². The predicted octanol–water partition coefficient (Wildman–Crippen LogP) is 2.74. The van der Waals surface area contributed by atoms with Crippen LogP contribution in [0.25, 0.3) is 0 Å². The van der Waals surface area contributed by atoms with Gasteiger partial charge in [-0.1, -0.05) is 18.2 Å². The number of para-hydroxylation sites is 1. The molecule has 0 saturated carbocycles. The molecule has 1 aliphatic heterocycles. The van der Waals surface area contributed by atoms with Crippen molar-refractivity contribution in [1.82, 2.24) is 9.62 Å². The van der Waals surface area contributed by atoms with Gasteiger partial charge in [-0.3, -0.25) is 4.79 Å². The van der Waals surface area contributed by atoms with Gasteiger partial charge in [0.25, 0.3) is 0 Å². The molecule has 1 fully saturated rings. The molecule has 1 heterocycles. The molecule has 3 rings (SSSR count). The highest BCUT2D eigenvalue weighted by atomic mass is 32.2. The van der Waals surface area contributed by atoms with E-state index in [0.29, 0.717) is 31.7 Å². The van der Waals surface area contributed by atoms with Crippen molar-refractivity contribution in [2.24, 2.45) is 5.92 Å². The number of amides is 1. The minimum atomic E-state index is -3.63. The molecule has 0 bridgehead atoms. The number of nitrogens with zero attached hydrogens (tertiary/aromatic N) is 2. The second-order valence-corrected chi connectivity index (χ2v) is 9.72. The molecule has 1 saturated heterocycles. The van der Waals surface area contributed by atoms with Gasteiger partial charge in [0.15, 0.2) is 0 Å². The van der Waals surface area contributed by atoms with Crippen LogP contribution >= 0.6 is 0 Å². The third-order valence-corrected chi connectivity index (χ3v) is 7.50. The van der Waals surface area contributed by atoms with E-state index in [4.69, 9.17) is 4.74 Å². The van der Waals surface area contributed by atoms with E-state index in [-0.39, 0.29) is 23.3 Å². The molecule has 0 aliphatic carbocycles. The van der Waals surface area contributed by atoms with Crippen LogP contribution in [0.2, 0.25) is 0 Å². The number of methoxy groups -OCH3 is 1. The van der Waals surface area contributed by atoms with Crippen LogP contribution < -0.4 is 15.0 Å². The van der Waals surface area contributed by atoms with Crippen molar-refractivity contribution < 1.29 is 17.9 Å². The van der Waals surface area contributed by atoms with Crippen LogP contribution in [0.4, 0.5) is 5.69 Å². The minimum absolute atomic E-state index is 0.0722. The maximum absolute atomic E-state index is 13.0. The highest BCUT2D eigenvalue weighted by Gasteiger charge is 2.33. The largest absolute Gasteiger partial charge is 0.497 e. The number of piperidine rings is 1. The Morgan fingerprint density at radius 2 is 1.87 bits per heavy atom. The summed E-state index contributed by atoms with van der Waals surface area (Å²) in [6, 6.07) is 16.4. The van der Waals surface area contributed by atoms with Gasteiger partial charge < -0.3 is 15.0 Å². The monoisotopic (exact) mass is 445 g/mol. The zero-order chi connectivity index (χ0) is 22.3. The van der Waals surface area contributed by atoms with Crippen LogP contribution in [0.1, 0.15) is 19.3 Å². The quantitative estimate of drug-likeness (QED) is 0.601. The molecule has 0 aromatic heterocycles. The van der Waals surface area contributed by atoms with Crippen molar-refractivity contribution in [2.45, 2.75) is 24.2 Å². The van der Waals surface area contributed by atoms with Gasteiger partial charge in [-0.05, 0) is 55.7 Å². The summed E-state index contributed by atoms with van der Waals surface area (Å²) in [6.45, 7) is 2.04. The van der Waals surface area contributed by atoms with Gasteiger partial charge in [0.2, 0.25) is 15.9 Å². The molecule has 2 aromatic rings. The average molecular weight is 446 g/mol. The molecule has 1 N–H and O–H groups in total. The van der Waals surface area contributed by atoms with E-state index >= 15 is 0 Å². The van der Waals surface area contributed by atoms with E-state index in [1.54, 1.807) is 24.3 Å². The number of carbonyl (C=O) groups excluding carboxylic acids is 1. The summed E-state index contributed by atoms with van der Waals surface area (Å²) in [6.07, 6.45) is 2.19. The van der Waals surface area contributed by atoms with E-state index < -0.39 is 10.0 Å². The lowest BCUT2D eigenvalue weighted by atomic mass is 9.99. The molecule has 2 aromatic carbocycles. The summed E-state index contributed by atoms with van der Waals surface area (Å²) in [5.41, 5.74) is 1.14. The number of hydrogen-bond acceptors (Lipinski definition) is 5. The Kier molecular flexibility index (Phi) is 7.92. The van der Waals surface area contributed by atoms with E-state index in [1.165, 1.54) is 11.4 Å². The summed E-state index contributed by atoms with van der Waals surface area (Å²) in [7, 11) is -0.0627. The number of sulfonamides is 1. The topological polar surface area (TPSA) is 79.0 Å². The zero-order valence-corrected chi connectivity index (χ0v) is 19.0. The number of hydrogen-bond donors (Lipinski definition) is 1. The molecule has 1 amide bonds. The molecule has 0 radical (unpaired) electrons. The zero-order valence-electron chi connectivity index (χ0n) is 18.2. The molecule has 1 aliphatic rings. The third-order valence-electron chi connectivity index (χ3n) is 5.62. The fourth-order valence-electron chi connectivity index (χ4n) is 3.76. The first-order chi connectivity index (χ1) is 14.9. The molecule has 0 unspecified atom stereocenters. The van der Waals surface area contributed by atoms with Crippen molar-refractivity contribution >= 4 is 21.6 Å². The second-order valence-electron chi connectivity index (χ2n) is 7.78. The Bertz CT molecular complexity index is 949. The Morgan fingerprint density at radius 1 is 1.16 bits per heavy atom. The Morgan fingerprint density at radius 3 is 2.55 bits per heavy atom. The maximum atomic E-state index is 13.0. The number of benzene rings is 2. The molecule has 1 atom stereocenters. The van der Waals surface area contributed by atoms with Gasteiger partial charge in [-0.15, -0.1) is 0 Å². The van der Waals surface area contributed by atoms with Crippen molar-refractivity contribution in [1.29, 1.82) is 0 Å². The number of rotatable bonds is 9. The lowest BCUT2D eigenvalue weighted by Crippen LogP contribution is -2.45. The standard InChI is InChI=1S/C23H31N3O4S/c1-25(20-9-4-3-5-10-20)16-7-15-24-23(27)19-8-6-17-26(18-19)31(28,29)22-13-11-21(30-2)12-14-22/h3-5,9-14,19H,6-8,15-18H2,1-2H3,(H,24,27)/t19-/m1/s1. The molecule has 8 heteroatoms. The molecule has 168 valence electrons. The molecular formula is C23H31N3O4S. The Balaban J connectivity index is 1.49. The van der Waals surface area contributed by atoms with Crippen LogP contribution in [0, 0.1) is 5.92 Å². The highest BCUT2D eigenvalue weighted by Crippen LogP contribution is 2.25. The first-order valence-corrected chi connectivity index (χ1v) is 12.0. The third kappa shape index (κ3) is 5.98. The first kappa shape index (κ1) is 23.1. The molecule has 0 spiro atoms. The van der Waals surface area contributed by atoms with Gasteiger partial charge in [0, 0.05) is 38.9 Å². The highest BCUT2D eigenvalue weighted by molar-refractivity contribution is 7.89. The second kappa shape index (κ2) is 10.6. The van der Waals surface area contributed by atoms with Crippen LogP contribution in [0.5, 0.6) is 5.75 Å². The van der Waals surface area contributed by atoms with Crippen molar-refractivity contribution in [3.8, 4) is 5.75 Å². The fraction of sp³-hybridized carbons (Fsp3) is 0.435. The lowest BCUT2D eigenvalue weighted by molar-refractivity contribution is -0.126. The lowest BCUT2D eigenvalue weighted by Gasteiger charge is -2.31.